The van der Waals surface area contributed by atoms with Gasteiger partial charge in [-0.1, -0.05) is 149 Å². The summed E-state index contributed by atoms with van der Waals surface area (Å²) in [4.78, 5) is 0. The van der Waals surface area contributed by atoms with Crippen LogP contribution in [-0.2, 0) is 0 Å². The summed E-state index contributed by atoms with van der Waals surface area (Å²) in [6, 6.07) is 0. The van der Waals surface area contributed by atoms with E-state index in [9.17, 15) is 0 Å². The predicted octanol–water partition coefficient (Wildman–Crippen LogP) is 10.7. The number of hydrogen-bond acceptors (Lipinski definition) is 0. The molecule has 0 amide bonds. The molecular weight excluding hydrogens is 360 g/mol. The Morgan fingerprint density at radius 2 is 0.767 bits per heavy atom. The minimum absolute atomic E-state index is 0.919. The molecule has 30 heavy (non-hydrogen) atoms. The van der Waals surface area contributed by atoms with Gasteiger partial charge < -0.3 is 0 Å². The Bertz CT molecular complexity index is 358. The molecule has 0 heteroatoms. The van der Waals surface area contributed by atoms with E-state index in [4.69, 9.17) is 0 Å². The van der Waals surface area contributed by atoms with Crippen molar-refractivity contribution in [3.05, 3.63) is 13.8 Å². The van der Waals surface area contributed by atoms with Crippen LogP contribution in [0.3, 0.4) is 0 Å². The van der Waals surface area contributed by atoms with Gasteiger partial charge in [-0.25, -0.2) is 0 Å². The van der Waals surface area contributed by atoms with Crippen molar-refractivity contribution in [3.8, 4) is 11.8 Å². The van der Waals surface area contributed by atoms with Crippen LogP contribution in [0.4, 0.5) is 0 Å². The molecule has 1 unspecified atom stereocenters. The fourth-order valence-corrected chi connectivity index (χ4v) is 4.21. The largest absolute Gasteiger partial charge is 0.103 e. The average molecular weight is 417 g/mol. The minimum Gasteiger partial charge on any atom is -0.103 e. The van der Waals surface area contributed by atoms with Crippen LogP contribution >= 0.6 is 0 Å². The van der Waals surface area contributed by atoms with Crippen molar-refractivity contribution in [1.82, 2.24) is 0 Å². The van der Waals surface area contributed by atoms with Crippen LogP contribution in [0.25, 0.3) is 0 Å². The molecule has 0 heterocycles. The van der Waals surface area contributed by atoms with Crippen LogP contribution in [0, 0.1) is 31.6 Å². The molecule has 0 aliphatic carbocycles. The molecule has 0 aliphatic rings. The van der Waals surface area contributed by atoms with Gasteiger partial charge in [0.1, 0.15) is 0 Å². The van der Waals surface area contributed by atoms with Crippen LogP contribution in [0.2, 0.25) is 0 Å². The second kappa shape index (κ2) is 26.6. The Morgan fingerprint density at radius 3 is 1.20 bits per heavy atom. The fourth-order valence-electron chi connectivity index (χ4n) is 4.21. The van der Waals surface area contributed by atoms with Gasteiger partial charge in [-0.05, 0) is 18.8 Å². The Morgan fingerprint density at radius 1 is 0.433 bits per heavy atom. The molecule has 0 N–H and O–H groups in total. The third-order valence-electron chi connectivity index (χ3n) is 6.37. The van der Waals surface area contributed by atoms with Gasteiger partial charge in [-0.15, -0.1) is 11.8 Å². The molecule has 0 aromatic heterocycles. The van der Waals surface area contributed by atoms with Gasteiger partial charge in [0, 0.05) is 12.8 Å². The average Bonchev–Trinajstić information content (AvgIpc) is 2.75. The highest BCUT2D eigenvalue weighted by atomic mass is 14.1. The Hall–Kier alpha value is -0.440. The molecule has 0 fully saturated rings. The summed E-state index contributed by atoms with van der Waals surface area (Å²) in [5.41, 5.74) is 0. The lowest BCUT2D eigenvalue weighted by Gasteiger charge is -2.10. The maximum atomic E-state index is 3.94. The summed E-state index contributed by atoms with van der Waals surface area (Å²) in [6.45, 7) is 10.2. The van der Waals surface area contributed by atoms with E-state index in [1.807, 2.05) is 0 Å². The topological polar surface area (TPSA) is 0 Å². The monoisotopic (exact) mass is 416 g/mol. The molecule has 0 nitrogen and oxygen atoms in total. The molecule has 0 aromatic carbocycles. The summed E-state index contributed by atoms with van der Waals surface area (Å²) in [5, 5.41) is 0. The zero-order valence-electron chi connectivity index (χ0n) is 21.0. The SMILES string of the molecule is [CH2]CCCCCCC#CCCCCCCCCCCCCCCCC(C)CCC[CH2]. The molecule has 2 radical (unpaired) electrons. The first kappa shape index (κ1) is 29.6. The van der Waals surface area contributed by atoms with Crippen molar-refractivity contribution in [2.45, 2.75) is 161 Å². The van der Waals surface area contributed by atoms with Gasteiger partial charge >= 0.3 is 0 Å². The lowest BCUT2D eigenvalue weighted by Crippen LogP contribution is -1.94. The third kappa shape index (κ3) is 25.6. The van der Waals surface area contributed by atoms with Crippen LogP contribution in [-0.4, -0.2) is 0 Å². The van der Waals surface area contributed by atoms with E-state index in [-0.39, 0.29) is 0 Å². The van der Waals surface area contributed by atoms with Crippen molar-refractivity contribution in [2.24, 2.45) is 5.92 Å². The zero-order valence-corrected chi connectivity index (χ0v) is 21.0. The second-order valence-electron chi connectivity index (χ2n) is 9.61. The zero-order chi connectivity index (χ0) is 22.0. The maximum absolute atomic E-state index is 3.94. The lowest BCUT2D eigenvalue weighted by molar-refractivity contribution is 0.443. The standard InChI is InChI=1S/C30H56/c1-4-6-8-9-10-11-12-13-14-15-16-17-18-19-20-21-22-23-24-25-26-27-29-30(3)28-7-5-2/h30H,1-2,4-11,14-29H2,3H3. The highest BCUT2D eigenvalue weighted by Gasteiger charge is 2.01. The molecule has 0 spiro atoms. The highest BCUT2D eigenvalue weighted by Crippen LogP contribution is 2.17. The van der Waals surface area contributed by atoms with Gasteiger partial charge in [0.15, 0.2) is 0 Å². The van der Waals surface area contributed by atoms with Gasteiger partial charge in [0.05, 0.1) is 0 Å². The van der Waals surface area contributed by atoms with Crippen molar-refractivity contribution < 1.29 is 0 Å². The lowest BCUT2D eigenvalue weighted by atomic mass is 9.97. The molecular formula is C30H56. The quantitative estimate of drug-likeness (QED) is 0.115. The van der Waals surface area contributed by atoms with Crippen molar-refractivity contribution >= 4 is 0 Å². The van der Waals surface area contributed by atoms with E-state index in [1.54, 1.807) is 0 Å². The van der Waals surface area contributed by atoms with E-state index in [0.717, 1.165) is 31.6 Å². The molecule has 0 aliphatic heterocycles. The summed E-state index contributed by atoms with van der Waals surface area (Å²) in [7, 11) is 0. The Balaban J connectivity index is 3.11. The summed E-state index contributed by atoms with van der Waals surface area (Å²) in [5.74, 6) is 7.64. The smallest absolute Gasteiger partial charge is 0.00886 e. The highest BCUT2D eigenvalue weighted by molar-refractivity contribution is 4.98. The van der Waals surface area contributed by atoms with Gasteiger partial charge in [0.25, 0.3) is 0 Å². The fraction of sp³-hybridized carbons (Fsp3) is 0.867. The van der Waals surface area contributed by atoms with Gasteiger partial charge in [0.2, 0.25) is 0 Å². The number of rotatable bonds is 23. The predicted molar refractivity (Wildman–Crippen MR) is 138 cm³/mol. The summed E-state index contributed by atoms with van der Waals surface area (Å²) < 4.78 is 0. The Labute approximate surface area is 192 Å². The maximum Gasteiger partial charge on any atom is 0.00886 e. The van der Waals surface area contributed by atoms with Gasteiger partial charge in [-0.2, -0.15) is 0 Å². The molecule has 176 valence electrons. The Kier molecular flexibility index (Phi) is 26.2. The van der Waals surface area contributed by atoms with Gasteiger partial charge in [-0.3, -0.25) is 0 Å². The first-order valence-corrected chi connectivity index (χ1v) is 13.9. The number of unbranched alkanes of at least 4 members (excludes halogenated alkanes) is 19. The van der Waals surface area contributed by atoms with Crippen molar-refractivity contribution in [2.75, 3.05) is 0 Å². The summed E-state index contributed by atoms with van der Waals surface area (Å²) in [6.07, 6.45) is 32.4. The van der Waals surface area contributed by atoms with Crippen molar-refractivity contribution in [1.29, 1.82) is 0 Å². The first-order chi connectivity index (χ1) is 14.8. The van der Waals surface area contributed by atoms with E-state index in [2.05, 4.69) is 32.6 Å². The minimum atomic E-state index is 0.919. The first-order valence-electron chi connectivity index (χ1n) is 13.9. The molecule has 0 bridgehead atoms. The van der Waals surface area contributed by atoms with Crippen molar-refractivity contribution in [3.63, 3.8) is 0 Å². The van der Waals surface area contributed by atoms with E-state index >= 15 is 0 Å². The van der Waals surface area contributed by atoms with Crippen LogP contribution in [0.1, 0.15) is 161 Å². The van der Waals surface area contributed by atoms with E-state index in [1.165, 1.54) is 128 Å². The second-order valence-corrected chi connectivity index (χ2v) is 9.61. The van der Waals surface area contributed by atoms with E-state index in [0.29, 0.717) is 0 Å². The third-order valence-corrected chi connectivity index (χ3v) is 6.37. The van der Waals surface area contributed by atoms with Crippen LogP contribution < -0.4 is 0 Å². The number of hydrogen-bond donors (Lipinski definition) is 0. The van der Waals surface area contributed by atoms with Crippen LogP contribution in [0.15, 0.2) is 0 Å². The van der Waals surface area contributed by atoms with E-state index < -0.39 is 0 Å². The molecule has 0 aromatic rings. The summed E-state index contributed by atoms with van der Waals surface area (Å²) >= 11 is 0. The molecule has 0 saturated heterocycles. The normalized spacial score (nSPS) is 12.0. The molecule has 0 rings (SSSR count). The van der Waals surface area contributed by atoms with Crippen LogP contribution in [0.5, 0.6) is 0 Å². The molecule has 0 saturated carbocycles. The molecule has 1 atom stereocenters.